The van der Waals surface area contributed by atoms with E-state index in [1.54, 1.807) is 19.9 Å². The Bertz CT molecular complexity index is 502. The average Bonchev–Trinajstić information content (AvgIpc) is 2.40. The summed E-state index contributed by atoms with van der Waals surface area (Å²) < 4.78 is 10.1. The van der Waals surface area contributed by atoms with E-state index in [0.717, 1.165) is 12.8 Å². The summed E-state index contributed by atoms with van der Waals surface area (Å²) in [6.45, 7) is 5.86. The molecule has 1 amide bonds. The summed E-state index contributed by atoms with van der Waals surface area (Å²) in [6, 6.07) is 4.59. The molecular formula is C15H20ClNO4. The van der Waals surface area contributed by atoms with Gasteiger partial charge in [0.15, 0.2) is 0 Å². The number of carbonyl (C=O) groups excluding carboxylic acids is 2. The number of anilines is 1. The van der Waals surface area contributed by atoms with E-state index >= 15 is 0 Å². The minimum atomic E-state index is -0.561. The van der Waals surface area contributed by atoms with Crippen LogP contribution in [-0.2, 0) is 9.47 Å². The van der Waals surface area contributed by atoms with Crippen LogP contribution in [-0.4, -0.2) is 24.8 Å². The van der Waals surface area contributed by atoms with E-state index in [1.165, 1.54) is 12.1 Å². The number of rotatable bonds is 6. The Morgan fingerprint density at radius 3 is 2.67 bits per heavy atom. The molecule has 0 atom stereocenters. The number of ether oxygens (including phenoxy) is 2. The fraction of sp³-hybridized carbons (Fsp3) is 0.467. The van der Waals surface area contributed by atoms with Crippen molar-refractivity contribution < 1.29 is 19.1 Å². The van der Waals surface area contributed by atoms with Gasteiger partial charge in [-0.05, 0) is 38.5 Å². The lowest BCUT2D eigenvalue weighted by Gasteiger charge is -2.11. The molecule has 0 aliphatic heterocycles. The van der Waals surface area contributed by atoms with Crippen molar-refractivity contribution in [2.45, 2.75) is 39.7 Å². The van der Waals surface area contributed by atoms with Crippen molar-refractivity contribution in [3.63, 3.8) is 0 Å². The Balaban J connectivity index is 2.72. The van der Waals surface area contributed by atoms with E-state index in [-0.39, 0.29) is 16.7 Å². The van der Waals surface area contributed by atoms with Crippen LogP contribution in [0, 0.1) is 0 Å². The molecule has 0 spiro atoms. The van der Waals surface area contributed by atoms with Gasteiger partial charge in [-0.25, -0.2) is 9.59 Å². The molecule has 0 saturated heterocycles. The van der Waals surface area contributed by atoms with Crippen molar-refractivity contribution in [1.82, 2.24) is 0 Å². The quantitative estimate of drug-likeness (QED) is 0.629. The molecule has 1 N–H and O–H groups in total. The maximum atomic E-state index is 11.9. The summed E-state index contributed by atoms with van der Waals surface area (Å²) >= 11 is 5.97. The van der Waals surface area contributed by atoms with Gasteiger partial charge in [0.1, 0.15) is 0 Å². The molecule has 0 aromatic heterocycles. The van der Waals surface area contributed by atoms with Crippen molar-refractivity contribution >= 4 is 29.4 Å². The third kappa shape index (κ3) is 6.04. The molecule has 1 aromatic carbocycles. The molecule has 0 bridgehead atoms. The second-order valence-corrected chi connectivity index (χ2v) is 5.17. The molecule has 0 aliphatic carbocycles. The molecule has 21 heavy (non-hydrogen) atoms. The van der Waals surface area contributed by atoms with Crippen LogP contribution in [0.5, 0.6) is 0 Å². The van der Waals surface area contributed by atoms with Gasteiger partial charge in [0.25, 0.3) is 0 Å². The van der Waals surface area contributed by atoms with E-state index < -0.39 is 12.1 Å². The Kier molecular flexibility index (Phi) is 7.02. The Labute approximate surface area is 129 Å². The fourth-order valence-electron chi connectivity index (χ4n) is 1.50. The third-order valence-electron chi connectivity index (χ3n) is 2.51. The zero-order chi connectivity index (χ0) is 15.8. The summed E-state index contributed by atoms with van der Waals surface area (Å²) in [5, 5.41) is 2.82. The predicted octanol–water partition coefficient (Wildman–Crippen LogP) is 4.25. The van der Waals surface area contributed by atoms with Crippen LogP contribution in [0.2, 0.25) is 5.02 Å². The van der Waals surface area contributed by atoms with Gasteiger partial charge in [-0.3, -0.25) is 5.32 Å². The van der Waals surface area contributed by atoms with E-state index in [4.69, 9.17) is 21.1 Å². The van der Waals surface area contributed by atoms with Gasteiger partial charge in [-0.1, -0.05) is 24.9 Å². The monoisotopic (exact) mass is 313 g/mol. The number of amides is 1. The maximum absolute atomic E-state index is 11.9. The number of nitrogens with one attached hydrogen (secondary N) is 1. The molecule has 5 nitrogen and oxygen atoms in total. The summed E-state index contributed by atoms with van der Waals surface area (Å²) in [6.07, 6.45) is 0.942. The normalized spacial score (nSPS) is 10.3. The molecule has 0 radical (unpaired) electrons. The van der Waals surface area contributed by atoms with Crippen LogP contribution in [0.4, 0.5) is 10.5 Å². The summed E-state index contributed by atoms with van der Waals surface area (Å²) in [5.41, 5.74) is 0.633. The zero-order valence-corrected chi connectivity index (χ0v) is 13.2. The van der Waals surface area contributed by atoms with Gasteiger partial charge < -0.3 is 9.47 Å². The lowest BCUT2D eigenvalue weighted by molar-refractivity contribution is 0.0378. The van der Waals surface area contributed by atoms with Gasteiger partial charge in [0, 0.05) is 5.69 Å². The highest BCUT2D eigenvalue weighted by Crippen LogP contribution is 2.22. The molecule has 0 unspecified atom stereocenters. The maximum Gasteiger partial charge on any atom is 0.411 e. The van der Waals surface area contributed by atoms with Crippen molar-refractivity contribution in [2.24, 2.45) is 0 Å². The van der Waals surface area contributed by atoms with E-state index in [2.05, 4.69) is 5.32 Å². The van der Waals surface area contributed by atoms with Crippen molar-refractivity contribution in [3.8, 4) is 0 Å². The van der Waals surface area contributed by atoms with Crippen molar-refractivity contribution in [2.75, 3.05) is 11.9 Å². The highest BCUT2D eigenvalue weighted by molar-refractivity contribution is 6.33. The van der Waals surface area contributed by atoms with Crippen LogP contribution < -0.4 is 5.32 Å². The minimum absolute atomic E-state index is 0.205. The number of halogens is 1. The molecule has 0 fully saturated rings. The first-order valence-electron chi connectivity index (χ1n) is 6.88. The SMILES string of the molecule is CCCCOC(=O)Nc1ccc(Cl)c(C(=O)OC(C)C)c1. The molecule has 1 rings (SSSR count). The molecular weight excluding hydrogens is 294 g/mol. The van der Waals surface area contributed by atoms with Gasteiger partial charge in [-0.15, -0.1) is 0 Å². The molecule has 1 aromatic rings. The van der Waals surface area contributed by atoms with Crippen molar-refractivity contribution in [1.29, 1.82) is 0 Å². The lowest BCUT2D eigenvalue weighted by Crippen LogP contribution is -2.16. The van der Waals surface area contributed by atoms with Crippen LogP contribution >= 0.6 is 11.6 Å². The minimum Gasteiger partial charge on any atom is -0.459 e. The molecule has 0 heterocycles. The third-order valence-corrected chi connectivity index (χ3v) is 2.84. The van der Waals surface area contributed by atoms with Gasteiger partial charge in [0.05, 0.1) is 23.3 Å². The van der Waals surface area contributed by atoms with E-state index in [0.29, 0.717) is 12.3 Å². The zero-order valence-electron chi connectivity index (χ0n) is 12.4. The van der Waals surface area contributed by atoms with Crippen LogP contribution in [0.1, 0.15) is 44.0 Å². The standard InChI is InChI=1S/C15H20ClNO4/c1-4-5-8-20-15(19)17-11-6-7-13(16)12(9-11)14(18)21-10(2)3/h6-7,9-10H,4-5,8H2,1-3H3,(H,17,19). The number of benzene rings is 1. The largest absolute Gasteiger partial charge is 0.459 e. The van der Waals surface area contributed by atoms with E-state index in [1.807, 2.05) is 6.92 Å². The first-order chi connectivity index (χ1) is 9.93. The summed E-state index contributed by atoms with van der Waals surface area (Å²) in [4.78, 5) is 23.4. The highest BCUT2D eigenvalue weighted by atomic mass is 35.5. The lowest BCUT2D eigenvalue weighted by atomic mass is 10.2. The van der Waals surface area contributed by atoms with Gasteiger partial charge in [-0.2, -0.15) is 0 Å². The van der Waals surface area contributed by atoms with Gasteiger partial charge >= 0.3 is 12.1 Å². The highest BCUT2D eigenvalue weighted by Gasteiger charge is 2.15. The number of carbonyl (C=O) groups is 2. The number of hydrogen-bond acceptors (Lipinski definition) is 4. The first-order valence-corrected chi connectivity index (χ1v) is 7.26. The molecule has 0 aliphatic rings. The smallest absolute Gasteiger partial charge is 0.411 e. The summed E-state index contributed by atoms with van der Waals surface area (Å²) in [7, 11) is 0. The Morgan fingerprint density at radius 1 is 1.33 bits per heavy atom. The number of unbranched alkanes of at least 4 members (excludes halogenated alkanes) is 1. The topological polar surface area (TPSA) is 64.6 Å². The average molecular weight is 314 g/mol. The second kappa shape index (κ2) is 8.52. The first kappa shape index (κ1) is 17.3. The van der Waals surface area contributed by atoms with Crippen LogP contribution in [0.15, 0.2) is 18.2 Å². The predicted molar refractivity (Wildman–Crippen MR) is 81.9 cm³/mol. The number of hydrogen-bond donors (Lipinski definition) is 1. The Morgan fingerprint density at radius 2 is 2.05 bits per heavy atom. The van der Waals surface area contributed by atoms with Gasteiger partial charge in [0.2, 0.25) is 0 Å². The molecule has 6 heteroatoms. The Hall–Kier alpha value is -1.75. The second-order valence-electron chi connectivity index (χ2n) is 4.76. The molecule has 116 valence electrons. The fourth-order valence-corrected chi connectivity index (χ4v) is 1.69. The van der Waals surface area contributed by atoms with E-state index in [9.17, 15) is 9.59 Å². The van der Waals surface area contributed by atoms with Crippen LogP contribution in [0.25, 0.3) is 0 Å². The molecule has 0 saturated carbocycles. The van der Waals surface area contributed by atoms with Crippen molar-refractivity contribution in [3.05, 3.63) is 28.8 Å². The van der Waals surface area contributed by atoms with Crippen LogP contribution in [0.3, 0.4) is 0 Å². The summed E-state index contributed by atoms with van der Waals surface area (Å²) in [5.74, 6) is -0.530. The number of esters is 1.